The van der Waals surface area contributed by atoms with Gasteiger partial charge in [-0.25, -0.2) is 0 Å². The molecule has 2 aromatic rings. The number of benzene rings is 1. The van der Waals surface area contributed by atoms with Crippen molar-refractivity contribution in [3.8, 4) is 0 Å². The Labute approximate surface area is 191 Å². The maximum Gasteiger partial charge on any atom is 0.409 e. The lowest BCUT2D eigenvalue weighted by atomic mass is 9.98. The van der Waals surface area contributed by atoms with Crippen molar-refractivity contribution >= 4 is 23.4 Å². The predicted octanol–water partition coefficient (Wildman–Crippen LogP) is 5.59. The van der Waals surface area contributed by atoms with Crippen LogP contribution in [0.15, 0.2) is 65.0 Å². The number of hydrogen-bond donors (Lipinski definition) is 1. The number of carbonyl (C=O) groups is 1. The average Bonchev–Trinajstić information content (AvgIpc) is 3.17. The van der Waals surface area contributed by atoms with Gasteiger partial charge in [0.05, 0.1) is 6.20 Å². The third-order valence-electron chi connectivity index (χ3n) is 5.35. The van der Waals surface area contributed by atoms with Gasteiger partial charge in [-0.2, -0.15) is 18.3 Å². The van der Waals surface area contributed by atoms with E-state index in [0.717, 1.165) is 34.3 Å². The molecule has 1 amide bonds. The summed E-state index contributed by atoms with van der Waals surface area (Å²) in [6.45, 7) is 4.07. The van der Waals surface area contributed by atoms with Crippen molar-refractivity contribution in [2.45, 2.75) is 39.3 Å². The standard InChI is InChI=1S/C25H27F3N4O/c1-17(13-25(26,27)28)4-6-19-12-22(8-5-18(19)2)31-24(33)9-7-20-14-29-11-10-23(20)21-15-30-32(3)16-21/h5,7-9,12-16H,4,6,10-11H2,1-3H3,(H,31,33)/b9-7+,17-13+. The summed E-state index contributed by atoms with van der Waals surface area (Å²) in [5.74, 6) is -0.296. The lowest BCUT2D eigenvalue weighted by Gasteiger charge is -2.12. The Hall–Kier alpha value is -3.42. The number of dihydropyridines is 1. The highest BCUT2D eigenvalue weighted by Gasteiger charge is 2.23. The van der Waals surface area contributed by atoms with E-state index >= 15 is 0 Å². The van der Waals surface area contributed by atoms with Gasteiger partial charge in [0, 0.05) is 49.4 Å². The first-order valence-corrected chi connectivity index (χ1v) is 10.7. The molecular formula is C25H27F3N4O. The zero-order valence-electron chi connectivity index (χ0n) is 18.9. The predicted molar refractivity (Wildman–Crippen MR) is 125 cm³/mol. The summed E-state index contributed by atoms with van der Waals surface area (Å²) in [5.41, 5.74) is 5.68. The Balaban J connectivity index is 1.68. The largest absolute Gasteiger partial charge is 0.409 e. The highest BCUT2D eigenvalue weighted by Crippen LogP contribution is 2.25. The van der Waals surface area contributed by atoms with Crippen LogP contribution in [0.2, 0.25) is 0 Å². The Bertz CT molecular complexity index is 1140. The Kier molecular flexibility index (Phi) is 7.68. The quantitative estimate of drug-likeness (QED) is 0.436. The van der Waals surface area contributed by atoms with Crippen LogP contribution >= 0.6 is 0 Å². The molecule has 1 aromatic carbocycles. The van der Waals surface area contributed by atoms with E-state index in [1.807, 2.05) is 32.3 Å². The molecule has 0 saturated carbocycles. The van der Waals surface area contributed by atoms with E-state index in [2.05, 4.69) is 15.4 Å². The summed E-state index contributed by atoms with van der Waals surface area (Å²) in [6.07, 6.45) is 6.23. The molecule has 0 saturated heterocycles. The van der Waals surface area contributed by atoms with Crippen molar-refractivity contribution in [2.75, 3.05) is 11.9 Å². The molecule has 0 aliphatic carbocycles. The zero-order valence-corrected chi connectivity index (χ0v) is 18.9. The van der Waals surface area contributed by atoms with Crippen LogP contribution in [0.3, 0.4) is 0 Å². The number of aliphatic imine (C=N–C) groups is 1. The number of hydrogen-bond acceptors (Lipinski definition) is 3. The average molecular weight is 457 g/mol. The molecule has 1 aliphatic rings. The van der Waals surface area contributed by atoms with Gasteiger partial charge in [0.25, 0.3) is 0 Å². The number of amides is 1. The van der Waals surface area contributed by atoms with Crippen LogP contribution in [0.5, 0.6) is 0 Å². The lowest BCUT2D eigenvalue weighted by Crippen LogP contribution is -2.09. The highest BCUT2D eigenvalue weighted by molar-refractivity contribution is 6.02. The van der Waals surface area contributed by atoms with Gasteiger partial charge in [-0.1, -0.05) is 11.6 Å². The van der Waals surface area contributed by atoms with Gasteiger partial charge in [-0.05, 0) is 73.6 Å². The number of allylic oxidation sites excluding steroid dienone is 4. The lowest BCUT2D eigenvalue weighted by molar-refractivity contribution is -0.111. The molecule has 1 aromatic heterocycles. The molecule has 33 heavy (non-hydrogen) atoms. The molecule has 1 aliphatic heterocycles. The first kappa shape index (κ1) is 24.2. The number of halogens is 3. The molecule has 174 valence electrons. The van der Waals surface area contributed by atoms with E-state index in [4.69, 9.17) is 0 Å². The molecule has 1 N–H and O–H groups in total. The SMILES string of the molecule is C/C(=C\C(F)(F)F)CCc1cc(NC(=O)/C=C/C2=C(c3cnn(C)c3)CCN=C2)ccc1C. The third-order valence-corrected chi connectivity index (χ3v) is 5.35. The van der Waals surface area contributed by atoms with Crippen LogP contribution in [0.4, 0.5) is 18.9 Å². The van der Waals surface area contributed by atoms with Gasteiger partial charge in [-0.15, -0.1) is 0 Å². The number of rotatable bonds is 7. The van der Waals surface area contributed by atoms with Crippen molar-refractivity contribution in [3.63, 3.8) is 0 Å². The molecule has 2 heterocycles. The number of nitrogens with zero attached hydrogens (tertiary/aromatic N) is 3. The number of alkyl halides is 3. The molecule has 8 heteroatoms. The van der Waals surface area contributed by atoms with Gasteiger partial charge < -0.3 is 5.32 Å². The van der Waals surface area contributed by atoms with Crippen LogP contribution in [0.25, 0.3) is 5.57 Å². The summed E-state index contributed by atoms with van der Waals surface area (Å²) in [5, 5.41) is 7.04. The minimum absolute atomic E-state index is 0.270. The second kappa shape index (κ2) is 10.5. The van der Waals surface area contributed by atoms with Crippen LogP contribution < -0.4 is 5.32 Å². The second-order valence-electron chi connectivity index (χ2n) is 8.12. The molecule has 0 radical (unpaired) electrons. The van der Waals surface area contributed by atoms with Gasteiger partial charge in [-0.3, -0.25) is 14.5 Å². The van der Waals surface area contributed by atoms with Crippen LogP contribution in [-0.2, 0) is 18.3 Å². The summed E-state index contributed by atoms with van der Waals surface area (Å²) >= 11 is 0. The van der Waals surface area contributed by atoms with Crippen LogP contribution in [0.1, 0.15) is 36.5 Å². The molecule has 5 nitrogen and oxygen atoms in total. The van der Waals surface area contributed by atoms with Crippen LogP contribution in [0, 0.1) is 6.92 Å². The topological polar surface area (TPSA) is 59.3 Å². The molecule has 0 fully saturated rings. The summed E-state index contributed by atoms with van der Waals surface area (Å²) in [6, 6.07) is 5.45. The van der Waals surface area contributed by atoms with Gasteiger partial charge >= 0.3 is 6.18 Å². The maximum atomic E-state index is 12.5. The molecule has 0 unspecified atom stereocenters. The number of nitrogens with one attached hydrogen (secondary N) is 1. The number of carbonyl (C=O) groups excluding carboxylic acids is 1. The van der Waals surface area contributed by atoms with E-state index in [0.29, 0.717) is 31.1 Å². The minimum Gasteiger partial charge on any atom is -0.323 e. The van der Waals surface area contributed by atoms with E-state index in [1.54, 1.807) is 29.2 Å². The van der Waals surface area contributed by atoms with E-state index in [9.17, 15) is 18.0 Å². The number of anilines is 1. The highest BCUT2D eigenvalue weighted by atomic mass is 19.4. The van der Waals surface area contributed by atoms with E-state index in [-0.39, 0.29) is 11.5 Å². The second-order valence-corrected chi connectivity index (χ2v) is 8.12. The monoisotopic (exact) mass is 456 g/mol. The normalized spacial score (nSPS) is 14.9. The summed E-state index contributed by atoms with van der Waals surface area (Å²) in [4.78, 5) is 16.8. The Morgan fingerprint density at radius 1 is 1.30 bits per heavy atom. The van der Waals surface area contributed by atoms with Crippen LogP contribution in [-0.4, -0.2) is 34.6 Å². The fourth-order valence-electron chi connectivity index (χ4n) is 3.64. The number of aryl methyl sites for hydroxylation is 3. The Morgan fingerprint density at radius 3 is 2.79 bits per heavy atom. The molecule has 0 bridgehead atoms. The van der Waals surface area contributed by atoms with Gasteiger partial charge in [0.1, 0.15) is 0 Å². The molecule has 0 atom stereocenters. The van der Waals surface area contributed by atoms with Crippen molar-refractivity contribution in [3.05, 3.63) is 76.7 Å². The van der Waals surface area contributed by atoms with Crippen molar-refractivity contribution in [2.24, 2.45) is 12.0 Å². The zero-order chi connectivity index (χ0) is 24.0. The minimum atomic E-state index is -4.31. The third kappa shape index (κ3) is 7.30. The van der Waals surface area contributed by atoms with E-state index < -0.39 is 6.18 Å². The fourth-order valence-corrected chi connectivity index (χ4v) is 3.64. The molecular weight excluding hydrogens is 429 g/mol. The van der Waals surface area contributed by atoms with Gasteiger partial charge in [0.2, 0.25) is 5.91 Å². The van der Waals surface area contributed by atoms with Crippen molar-refractivity contribution < 1.29 is 18.0 Å². The number of aromatic nitrogens is 2. The smallest absolute Gasteiger partial charge is 0.323 e. The van der Waals surface area contributed by atoms with Crippen molar-refractivity contribution in [1.82, 2.24) is 9.78 Å². The first-order chi connectivity index (χ1) is 15.6. The summed E-state index contributed by atoms with van der Waals surface area (Å²) < 4.78 is 39.2. The first-order valence-electron chi connectivity index (χ1n) is 10.7. The Morgan fingerprint density at radius 2 is 2.09 bits per heavy atom. The van der Waals surface area contributed by atoms with Gasteiger partial charge in [0.15, 0.2) is 0 Å². The van der Waals surface area contributed by atoms with Crippen molar-refractivity contribution in [1.29, 1.82) is 0 Å². The summed E-state index contributed by atoms with van der Waals surface area (Å²) in [7, 11) is 1.85. The molecule has 0 spiro atoms. The fraction of sp³-hybridized carbons (Fsp3) is 0.320. The molecule has 3 rings (SSSR count). The maximum absolute atomic E-state index is 12.5. The van der Waals surface area contributed by atoms with E-state index in [1.165, 1.54) is 13.0 Å².